The molecule has 1 heterocycles. The average Bonchev–Trinajstić information content (AvgIpc) is 2.62. The van der Waals surface area contributed by atoms with Gasteiger partial charge in [0.25, 0.3) is 0 Å². The van der Waals surface area contributed by atoms with Gasteiger partial charge in [-0.2, -0.15) is 39.5 Å². The first-order chi connectivity index (χ1) is 13.2. The van der Waals surface area contributed by atoms with E-state index < -0.39 is 54.5 Å². The Labute approximate surface area is 158 Å². The van der Waals surface area contributed by atoms with Gasteiger partial charge in [0.05, 0.1) is 12.0 Å². The standard InChI is InChI=1S/C17H15F9O3/c1-2-28-13-12(27)10(8-11(29-13)9-6-4-3-5-7-9)14(18,19)15(20,21)16(22,23)17(24,25)26/h3-7,10-11,13H,2,8H2,1H3/t10-,11-,13-/m1/s1. The fraction of sp³-hybridized carbons (Fsp3) is 0.588. The van der Waals surface area contributed by atoms with Crippen molar-refractivity contribution in [1.82, 2.24) is 0 Å². The minimum Gasteiger partial charge on any atom is -0.346 e. The van der Waals surface area contributed by atoms with E-state index in [1.165, 1.54) is 37.3 Å². The third kappa shape index (κ3) is 3.96. The van der Waals surface area contributed by atoms with Crippen LogP contribution in [-0.4, -0.2) is 42.6 Å². The summed E-state index contributed by atoms with van der Waals surface area (Å²) in [6.07, 6.45) is -11.8. The van der Waals surface area contributed by atoms with Crippen LogP contribution >= 0.6 is 0 Å². The topological polar surface area (TPSA) is 35.5 Å². The number of Topliss-reactive ketones (excluding diaryl/α,β-unsaturated/α-hetero) is 1. The van der Waals surface area contributed by atoms with Crippen molar-refractivity contribution in [2.75, 3.05) is 6.61 Å². The molecule has 2 rings (SSSR count). The number of hydrogen-bond acceptors (Lipinski definition) is 3. The van der Waals surface area contributed by atoms with Crippen LogP contribution < -0.4 is 0 Å². The van der Waals surface area contributed by atoms with Gasteiger partial charge in [0, 0.05) is 6.61 Å². The Bertz CT molecular complexity index is 719. The summed E-state index contributed by atoms with van der Waals surface area (Å²) in [7, 11) is 0. The third-order valence-corrected chi connectivity index (χ3v) is 4.41. The minimum atomic E-state index is -7.08. The van der Waals surface area contributed by atoms with Gasteiger partial charge in [0.2, 0.25) is 6.29 Å². The first kappa shape index (κ1) is 23.5. The summed E-state index contributed by atoms with van der Waals surface area (Å²) in [6, 6.07) is 7.00. The van der Waals surface area contributed by atoms with Crippen LogP contribution in [0.4, 0.5) is 39.5 Å². The van der Waals surface area contributed by atoms with Crippen LogP contribution in [0.3, 0.4) is 0 Å². The quantitative estimate of drug-likeness (QED) is 0.576. The first-order valence-corrected chi connectivity index (χ1v) is 8.24. The summed E-state index contributed by atoms with van der Waals surface area (Å²) in [4.78, 5) is 12.2. The van der Waals surface area contributed by atoms with E-state index in [4.69, 9.17) is 9.47 Å². The van der Waals surface area contributed by atoms with Crippen LogP contribution in [0.15, 0.2) is 30.3 Å². The lowest BCUT2D eigenvalue weighted by atomic mass is 9.81. The van der Waals surface area contributed by atoms with Crippen LogP contribution in [0.25, 0.3) is 0 Å². The maximum absolute atomic E-state index is 14.4. The van der Waals surface area contributed by atoms with E-state index in [0.717, 1.165) is 0 Å². The molecule has 1 fully saturated rings. The monoisotopic (exact) mass is 438 g/mol. The van der Waals surface area contributed by atoms with E-state index in [-0.39, 0.29) is 12.2 Å². The number of hydrogen-bond donors (Lipinski definition) is 0. The highest BCUT2D eigenvalue weighted by molar-refractivity contribution is 5.86. The van der Waals surface area contributed by atoms with Crippen molar-refractivity contribution in [3.05, 3.63) is 35.9 Å². The molecule has 0 saturated carbocycles. The van der Waals surface area contributed by atoms with Crippen LogP contribution in [0, 0.1) is 5.92 Å². The largest absolute Gasteiger partial charge is 0.460 e. The second-order valence-corrected chi connectivity index (χ2v) is 6.28. The fourth-order valence-electron chi connectivity index (χ4n) is 2.85. The van der Waals surface area contributed by atoms with E-state index in [1.807, 2.05) is 0 Å². The lowest BCUT2D eigenvalue weighted by Crippen LogP contribution is -2.65. The van der Waals surface area contributed by atoms with Gasteiger partial charge < -0.3 is 9.47 Å². The molecule has 0 aliphatic carbocycles. The molecule has 0 unspecified atom stereocenters. The van der Waals surface area contributed by atoms with Crippen LogP contribution in [0.2, 0.25) is 0 Å². The molecule has 0 amide bonds. The van der Waals surface area contributed by atoms with Gasteiger partial charge in [-0.05, 0) is 18.9 Å². The van der Waals surface area contributed by atoms with Crippen molar-refractivity contribution in [2.45, 2.75) is 49.7 Å². The summed E-state index contributed by atoms with van der Waals surface area (Å²) < 4.78 is 130. The van der Waals surface area contributed by atoms with Gasteiger partial charge in [-0.25, -0.2) is 0 Å². The number of carbonyl (C=O) groups is 1. The number of halogens is 9. The number of rotatable bonds is 6. The second-order valence-electron chi connectivity index (χ2n) is 6.28. The molecule has 29 heavy (non-hydrogen) atoms. The van der Waals surface area contributed by atoms with Gasteiger partial charge >= 0.3 is 23.9 Å². The Kier molecular flexibility index (Phi) is 6.30. The molecule has 0 N–H and O–H groups in total. The van der Waals surface area contributed by atoms with E-state index in [1.54, 1.807) is 0 Å². The van der Waals surface area contributed by atoms with Crippen LogP contribution in [0.1, 0.15) is 25.0 Å². The Hall–Kier alpha value is -1.82. The molecule has 1 aromatic carbocycles. The van der Waals surface area contributed by atoms with Gasteiger partial charge in [-0.15, -0.1) is 0 Å². The van der Waals surface area contributed by atoms with Crippen molar-refractivity contribution in [1.29, 1.82) is 0 Å². The molecule has 3 atom stereocenters. The Morgan fingerprint density at radius 1 is 0.966 bits per heavy atom. The van der Waals surface area contributed by atoms with E-state index in [2.05, 4.69) is 0 Å². The van der Waals surface area contributed by atoms with E-state index in [9.17, 15) is 44.3 Å². The molecule has 1 aliphatic heterocycles. The fourth-order valence-corrected chi connectivity index (χ4v) is 2.85. The Balaban J connectivity index is 2.48. The molecule has 12 heteroatoms. The highest BCUT2D eigenvalue weighted by Crippen LogP contribution is 2.57. The van der Waals surface area contributed by atoms with Gasteiger partial charge in [-0.3, -0.25) is 4.79 Å². The first-order valence-electron chi connectivity index (χ1n) is 8.24. The number of carbonyl (C=O) groups excluding carboxylic acids is 1. The zero-order valence-electron chi connectivity index (χ0n) is 14.7. The zero-order valence-corrected chi connectivity index (χ0v) is 14.7. The summed E-state index contributed by atoms with van der Waals surface area (Å²) in [5.74, 6) is -25.1. The lowest BCUT2D eigenvalue weighted by Gasteiger charge is -2.41. The van der Waals surface area contributed by atoms with E-state index in [0.29, 0.717) is 0 Å². The maximum atomic E-state index is 14.4. The Morgan fingerprint density at radius 2 is 1.52 bits per heavy atom. The number of ether oxygens (including phenoxy) is 2. The molecule has 1 aliphatic rings. The number of benzene rings is 1. The maximum Gasteiger partial charge on any atom is 0.460 e. The Morgan fingerprint density at radius 3 is 2.00 bits per heavy atom. The molecule has 1 saturated heterocycles. The van der Waals surface area contributed by atoms with Crippen molar-refractivity contribution >= 4 is 5.78 Å². The van der Waals surface area contributed by atoms with Crippen molar-refractivity contribution in [2.24, 2.45) is 5.92 Å². The summed E-state index contributed by atoms with van der Waals surface area (Å²) >= 11 is 0. The molecule has 164 valence electrons. The van der Waals surface area contributed by atoms with E-state index >= 15 is 0 Å². The molecule has 0 spiro atoms. The average molecular weight is 438 g/mol. The summed E-state index contributed by atoms with van der Waals surface area (Å²) in [5.41, 5.74) is 0.122. The predicted molar refractivity (Wildman–Crippen MR) is 79.7 cm³/mol. The van der Waals surface area contributed by atoms with Gasteiger partial charge in [0.15, 0.2) is 5.78 Å². The molecular weight excluding hydrogens is 423 g/mol. The van der Waals surface area contributed by atoms with Crippen molar-refractivity contribution < 1.29 is 53.8 Å². The van der Waals surface area contributed by atoms with Gasteiger partial charge in [0.1, 0.15) is 0 Å². The SMILES string of the molecule is CCO[C@@H]1O[C@@H](c2ccccc2)C[C@@H](C(F)(F)C(F)(F)C(F)(F)C(F)(F)F)C1=O. The molecule has 3 nitrogen and oxygen atoms in total. The summed E-state index contributed by atoms with van der Waals surface area (Å²) in [6.45, 7) is 1.01. The minimum absolute atomic E-state index is 0.122. The lowest BCUT2D eigenvalue weighted by molar-refractivity contribution is -0.403. The molecule has 1 aromatic rings. The normalized spacial score (nSPS) is 24.6. The zero-order chi connectivity index (χ0) is 22.3. The predicted octanol–water partition coefficient (Wildman–Crippen LogP) is 5.16. The number of ketones is 1. The van der Waals surface area contributed by atoms with Crippen LogP contribution in [0.5, 0.6) is 0 Å². The van der Waals surface area contributed by atoms with Crippen LogP contribution in [-0.2, 0) is 14.3 Å². The van der Waals surface area contributed by atoms with Gasteiger partial charge in [-0.1, -0.05) is 30.3 Å². The van der Waals surface area contributed by atoms with Crippen molar-refractivity contribution in [3.8, 4) is 0 Å². The highest BCUT2D eigenvalue weighted by Gasteiger charge is 2.83. The smallest absolute Gasteiger partial charge is 0.346 e. The third-order valence-electron chi connectivity index (χ3n) is 4.41. The van der Waals surface area contributed by atoms with Crippen molar-refractivity contribution in [3.63, 3.8) is 0 Å². The molecule has 0 aromatic heterocycles. The highest BCUT2D eigenvalue weighted by atomic mass is 19.4. The second kappa shape index (κ2) is 7.78. The molecule has 0 bridgehead atoms. The molecular formula is C17H15F9O3. The number of alkyl halides is 9. The molecule has 0 radical (unpaired) electrons. The summed E-state index contributed by atoms with van der Waals surface area (Å²) in [5, 5.41) is 0.